The predicted molar refractivity (Wildman–Crippen MR) is 124 cm³/mol. The maximum atomic E-state index is 13.3. The molecule has 186 valence electrons. The van der Waals surface area contributed by atoms with Crippen molar-refractivity contribution in [3.8, 4) is 0 Å². The van der Waals surface area contributed by atoms with Crippen LogP contribution >= 0.6 is 0 Å². The van der Waals surface area contributed by atoms with Crippen LogP contribution in [0.25, 0.3) is 0 Å². The van der Waals surface area contributed by atoms with Gasteiger partial charge in [-0.25, -0.2) is 4.79 Å². The number of carbonyl (C=O) groups is 3. The average molecular weight is 465 g/mol. The molecule has 1 fully saturated rings. The highest BCUT2D eigenvalue weighted by Crippen LogP contribution is 2.56. The van der Waals surface area contributed by atoms with Crippen LogP contribution in [-0.4, -0.2) is 53.9 Å². The highest BCUT2D eigenvalue weighted by molar-refractivity contribution is 5.86. The van der Waals surface area contributed by atoms with Gasteiger partial charge in [0.15, 0.2) is 0 Å². The summed E-state index contributed by atoms with van der Waals surface area (Å²) in [7, 11) is 1.28. The summed E-state index contributed by atoms with van der Waals surface area (Å²) in [4.78, 5) is 37.2. The minimum atomic E-state index is -0.945. The molecule has 0 spiro atoms. The largest absolute Gasteiger partial charge is 0.469 e. The zero-order chi connectivity index (χ0) is 24.9. The Morgan fingerprint density at radius 3 is 2.52 bits per heavy atom. The highest BCUT2D eigenvalue weighted by Gasteiger charge is 2.57. The maximum absolute atomic E-state index is 13.3. The molecule has 2 rings (SSSR count). The number of allylic oxidation sites excluding steroid dienone is 1. The molecule has 2 aliphatic rings. The molecule has 2 N–H and O–H groups in total. The van der Waals surface area contributed by atoms with Gasteiger partial charge in [-0.2, -0.15) is 0 Å². The smallest absolute Gasteiger partial charge is 0.331 e. The van der Waals surface area contributed by atoms with Crippen LogP contribution in [0.5, 0.6) is 0 Å². The van der Waals surface area contributed by atoms with E-state index in [-0.39, 0.29) is 54.8 Å². The Balaban J connectivity index is 2.29. The molecular weight excluding hydrogens is 424 g/mol. The van der Waals surface area contributed by atoms with Gasteiger partial charge in [0, 0.05) is 30.4 Å². The molecule has 2 aliphatic carbocycles. The number of hydrogen-bond donors (Lipinski definition) is 2. The zero-order valence-corrected chi connectivity index (χ0v) is 20.7. The number of aliphatic hydroxyl groups excluding tert-OH is 2. The summed E-state index contributed by atoms with van der Waals surface area (Å²) < 4.78 is 10.2. The first kappa shape index (κ1) is 27.3. The Hall–Kier alpha value is -1.99. The van der Waals surface area contributed by atoms with E-state index in [1.165, 1.54) is 13.2 Å². The number of ether oxygens (including phenoxy) is 2. The van der Waals surface area contributed by atoms with E-state index in [1.807, 2.05) is 26.0 Å². The fourth-order valence-corrected chi connectivity index (χ4v) is 6.02. The number of esters is 2. The van der Waals surface area contributed by atoms with Crippen LogP contribution in [0.3, 0.4) is 0 Å². The summed E-state index contributed by atoms with van der Waals surface area (Å²) in [5.74, 6) is -1.19. The molecule has 0 aromatic rings. The van der Waals surface area contributed by atoms with Gasteiger partial charge in [0.05, 0.1) is 19.6 Å². The zero-order valence-electron chi connectivity index (χ0n) is 20.7. The number of rotatable bonds is 9. The lowest BCUT2D eigenvalue weighted by Gasteiger charge is -2.55. The van der Waals surface area contributed by atoms with E-state index in [1.54, 1.807) is 6.92 Å². The maximum Gasteiger partial charge on any atom is 0.331 e. The molecule has 0 amide bonds. The summed E-state index contributed by atoms with van der Waals surface area (Å²) in [5, 5.41) is 20.7. The lowest BCUT2D eigenvalue weighted by atomic mass is 9.49. The van der Waals surface area contributed by atoms with Crippen molar-refractivity contribution < 1.29 is 34.1 Å². The number of fused-ring (bicyclic) bond motifs is 1. The van der Waals surface area contributed by atoms with Crippen LogP contribution in [0.15, 0.2) is 23.8 Å². The first-order chi connectivity index (χ1) is 15.5. The van der Waals surface area contributed by atoms with E-state index in [0.29, 0.717) is 12.0 Å². The van der Waals surface area contributed by atoms with E-state index in [4.69, 9.17) is 4.74 Å². The average Bonchev–Trinajstić information content (AvgIpc) is 2.76. The predicted octanol–water partition coefficient (Wildman–Crippen LogP) is 3.23. The van der Waals surface area contributed by atoms with Gasteiger partial charge in [0.1, 0.15) is 11.9 Å². The van der Waals surface area contributed by atoms with E-state index >= 15 is 0 Å². The highest BCUT2D eigenvalue weighted by atomic mass is 16.6. The quantitative estimate of drug-likeness (QED) is 0.306. The topological polar surface area (TPSA) is 110 Å². The van der Waals surface area contributed by atoms with Crippen molar-refractivity contribution in [2.75, 3.05) is 13.7 Å². The summed E-state index contributed by atoms with van der Waals surface area (Å²) in [6.45, 7) is 9.71. The Bertz CT molecular complexity index is 786. The lowest BCUT2D eigenvalue weighted by Crippen LogP contribution is -2.58. The minimum Gasteiger partial charge on any atom is -0.469 e. The Kier molecular flexibility index (Phi) is 9.44. The molecule has 33 heavy (non-hydrogen) atoms. The van der Waals surface area contributed by atoms with Gasteiger partial charge in [-0.1, -0.05) is 51.8 Å². The van der Waals surface area contributed by atoms with Crippen molar-refractivity contribution in [1.82, 2.24) is 0 Å². The number of ketones is 1. The molecular formula is C26H40O7. The van der Waals surface area contributed by atoms with Crippen molar-refractivity contribution in [2.45, 2.75) is 72.5 Å². The molecule has 0 aromatic carbocycles. The van der Waals surface area contributed by atoms with E-state index in [2.05, 4.69) is 18.6 Å². The van der Waals surface area contributed by atoms with Crippen molar-refractivity contribution in [1.29, 1.82) is 0 Å². The van der Waals surface area contributed by atoms with Gasteiger partial charge >= 0.3 is 11.9 Å². The Morgan fingerprint density at radius 2 is 1.94 bits per heavy atom. The number of carbonyl (C=O) groups excluding carboxylic acids is 3. The van der Waals surface area contributed by atoms with E-state index in [9.17, 15) is 24.6 Å². The van der Waals surface area contributed by atoms with Gasteiger partial charge in [-0.15, -0.1) is 0 Å². The summed E-state index contributed by atoms with van der Waals surface area (Å²) in [6, 6.07) is 0. The van der Waals surface area contributed by atoms with Gasteiger partial charge < -0.3 is 19.7 Å². The molecule has 0 radical (unpaired) electrons. The molecule has 1 saturated carbocycles. The molecule has 7 nitrogen and oxygen atoms in total. The molecule has 0 bridgehead atoms. The second-order valence-electron chi connectivity index (χ2n) is 10.0. The first-order valence-electron chi connectivity index (χ1n) is 12.0. The molecule has 0 unspecified atom stereocenters. The normalized spacial score (nSPS) is 34.8. The molecule has 0 aromatic heterocycles. The Morgan fingerprint density at radius 1 is 1.27 bits per heavy atom. The summed E-state index contributed by atoms with van der Waals surface area (Å²) in [5.41, 5.74) is -0.205. The third kappa shape index (κ3) is 5.75. The van der Waals surface area contributed by atoms with E-state index in [0.717, 1.165) is 6.42 Å². The standard InChI is InChI=1S/C26H40O7/c1-7-16(3)19-9-8-18-24(26(19,5)21(28)10-11-27)17(4)14-20(25(18)31)33-23(30)13-15(2)12-22(29)32-6/h8-9,13,16-20,24-25,27,31H,7,10-12,14H2,1-6H3/b15-13-/t16-,17-,18-,19-,20-,24+,25+,26-/m1/s1. The van der Waals surface area contributed by atoms with Crippen LogP contribution in [0, 0.1) is 35.0 Å². The van der Waals surface area contributed by atoms with Crippen molar-refractivity contribution >= 4 is 17.7 Å². The second-order valence-corrected chi connectivity index (χ2v) is 10.0. The third-order valence-electron chi connectivity index (χ3n) is 7.81. The second kappa shape index (κ2) is 11.4. The number of Topliss-reactive ketones (excluding diaryl/α,β-unsaturated/α-hetero) is 1. The van der Waals surface area contributed by atoms with Gasteiger partial charge in [0.2, 0.25) is 0 Å². The van der Waals surface area contributed by atoms with E-state index < -0.39 is 29.6 Å². The van der Waals surface area contributed by atoms with Gasteiger partial charge in [-0.05, 0) is 37.0 Å². The summed E-state index contributed by atoms with van der Waals surface area (Å²) in [6.07, 6.45) is 5.07. The molecule has 0 saturated heterocycles. The monoisotopic (exact) mass is 464 g/mol. The Labute approximate surface area is 197 Å². The number of methoxy groups -OCH3 is 1. The fourth-order valence-electron chi connectivity index (χ4n) is 6.02. The van der Waals surface area contributed by atoms with Crippen LogP contribution < -0.4 is 0 Å². The van der Waals surface area contributed by atoms with Crippen LogP contribution in [0.2, 0.25) is 0 Å². The first-order valence-corrected chi connectivity index (χ1v) is 12.0. The molecule has 7 heteroatoms. The van der Waals surface area contributed by atoms with Gasteiger partial charge in [0.25, 0.3) is 0 Å². The fraction of sp³-hybridized carbons (Fsp3) is 0.731. The number of hydrogen-bond acceptors (Lipinski definition) is 7. The lowest BCUT2D eigenvalue weighted by molar-refractivity contribution is -0.171. The molecule has 0 aliphatic heterocycles. The minimum absolute atomic E-state index is 0.00894. The SMILES string of the molecule is CC[C@@H](C)[C@H]1C=C[C@H]2[C@H](O)[C@H](OC(=O)/C=C(/C)CC(=O)OC)C[C@@H](C)[C@@H]2[C@@]1(C)C(=O)CCO. The third-order valence-corrected chi connectivity index (χ3v) is 7.81. The van der Waals surface area contributed by atoms with Crippen LogP contribution in [0.1, 0.15) is 60.3 Å². The van der Waals surface area contributed by atoms with Crippen molar-refractivity contribution in [3.63, 3.8) is 0 Å². The molecule has 8 atom stereocenters. The van der Waals surface area contributed by atoms with Crippen molar-refractivity contribution in [3.05, 3.63) is 23.8 Å². The van der Waals surface area contributed by atoms with Gasteiger partial charge in [-0.3, -0.25) is 9.59 Å². The number of aliphatic hydroxyl groups is 2. The van der Waals surface area contributed by atoms with Crippen molar-refractivity contribution in [2.24, 2.45) is 35.0 Å². The van der Waals surface area contributed by atoms with Crippen LogP contribution in [-0.2, 0) is 23.9 Å². The molecule has 0 heterocycles. The summed E-state index contributed by atoms with van der Waals surface area (Å²) >= 11 is 0. The van der Waals surface area contributed by atoms with Crippen LogP contribution in [0.4, 0.5) is 0 Å².